The van der Waals surface area contributed by atoms with Gasteiger partial charge in [0.15, 0.2) is 17.4 Å². The van der Waals surface area contributed by atoms with Crippen LogP contribution in [-0.2, 0) is 0 Å². The summed E-state index contributed by atoms with van der Waals surface area (Å²) in [4.78, 5) is 15.9. The zero-order valence-electron chi connectivity index (χ0n) is 15.9. The fourth-order valence-electron chi connectivity index (χ4n) is 3.63. The standard InChI is InChI=1S/C21H18F2N6O/c22-14-1-2-19(16(23)9-14)30-15-4-7-29(8-5-15)21-20(13-10-25-26-11-13)27-17-3-6-24-12-18(17)28-21/h1-3,6,9-12,15H,4-5,7-8H2,(H,25,26). The predicted octanol–water partition coefficient (Wildman–Crippen LogP) is 3.74. The summed E-state index contributed by atoms with van der Waals surface area (Å²) in [5, 5.41) is 6.85. The van der Waals surface area contributed by atoms with Crippen LogP contribution in [0, 0.1) is 11.6 Å². The molecule has 1 aliphatic heterocycles. The van der Waals surface area contributed by atoms with Crippen LogP contribution in [0.4, 0.5) is 14.6 Å². The summed E-state index contributed by atoms with van der Waals surface area (Å²) < 4.78 is 32.8. The minimum absolute atomic E-state index is 0.0745. The molecule has 1 aliphatic rings. The van der Waals surface area contributed by atoms with Gasteiger partial charge in [-0.3, -0.25) is 10.1 Å². The van der Waals surface area contributed by atoms with Gasteiger partial charge in [-0.1, -0.05) is 0 Å². The van der Waals surface area contributed by atoms with E-state index in [0.717, 1.165) is 28.7 Å². The molecule has 1 aromatic carbocycles. The number of halogens is 2. The SMILES string of the molecule is Fc1ccc(OC2CCN(c3nc4cnccc4nc3-c3cn[nH]c3)CC2)c(F)c1. The zero-order chi connectivity index (χ0) is 20.5. The fraction of sp³-hybridized carbons (Fsp3) is 0.238. The normalized spacial score (nSPS) is 14.9. The van der Waals surface area contributed by atoms with Gasteiger partial charge in [-0.15, -0.1) is 0 Å². The van der Waals surface area contributed by atoms with E-state index in [1.165, 1.54) is 12.1 Å². The first-order chi connectivity index (χ1) is 14.7. The smallest absolute Gasteiger partial charge is 0.167 e. The first-order valence-corrected chi connectivity index (χ1v) is 9.65. The van der Waals surface area contributed by atoms with E-state index in [9.17, 15) is 8.78 Å². The van der Waals surface area contributed by atoms with Crippen LogP contribution >= 0.6 is 0 Å². The number of ether oxygens (including phenoxy) is 1. The molecular weight excluding hydrogens is 390 g/mol. The maximum Gasteiger partial charge on any atom is 0.167 e. The first kappa shape index (κ1) is 18.4. The lowest BCUT2D eigenvalue weighted by atomic mass is 10.1. The molecule has 152 valence electrons. The van der Waals surface area contributed by atoms with Crippen molar-refractivity contribution < 1.29 is 13.5 Å². The summed E-state index contributed by atoms with van der Waals surface area (Å²) in [6, 6.07) is 5.19. The summed E-state index contributed by atoms with van der Waals surface area (Å²) >= 11 is 0. The lowest BCUT2D eigenvalue weighted by Crippen LogP contribution is -2.39. The molecular formula is C21H18F2N6O. The summed E-state index contributed by atoms with van der Waals surface area (Å²) in [5.41, 5.74) is 3.07. The Hall–Kier alpha value is -3.62. The molecule has 4 heterocycles. The molecule has 0 aliphatic carbocycles. The third-order valence-corrected chi connectivity index (χ3v) is 5.15. The molecule has 3 aromatic heterocycles. The zero-order valence-corrected chi connectivity index (χ0v) is 15.9. The number of hydrogen-bond donors (Lipinski definition) is 1. The molecule has 5 rings (SSSR count). The molecule has 4 aromatic rings. The lowest BCUT2D eigenvalue weighted by Gasteiger charge is -2.33. The van der Waals surface area contributed by atoms with Crippen molar-refractivity contribution in [3.05, 3.63) is 60.7 Å². The van der Waals surface area contributed by atoms with Crippen molar-refractivity contribution >= 4 is 16.9 Å². The Labute approximate surface area is 170 Å². The molecule has 7 nitrogen and oxygen atoms in total. The second-order valence-electron chi connectivity index (χ2n) is 7.13. The van der Waals surface area contributed by atoms with E-state index in [-0.39, 0.29) is 11.9 Å². The van der Waals surface area contributed by atoms with Crippen molar-refractivity contribution in [2.24, 2.45) is 0 Å². The van der Waals surface area contributed by atoms with Crippen LogP contribution in [-0.4, -0.2) is 44.3 Å². The Morgan fingerprint density at radius 2 is 1.90 bits per heavy atom. The number of aromatic nitrogens is 5. The van der Waals surface area contributed by atoms with E-state index in [1.807, 2.05) is 6.07 Å². The van der Waals surface area contributed by atoms with E-state index < -0.39 is 11.6 Å². The summed E-state index contributed by atoms with van der Waals surface area (Å²) in [6.45, 7) is 1.33. The number of piperidine rings is 1. The molecule has 0 bridgehead atoms. The van der Waals surface area contributed by atoms with E-state index in [1.54, 1.807) is 24.8 Å². The molecule has 1 N–H and O–H groups in total. The Bertz CT molecular complexity index is 1180. The van der Waals surface area contributed by atoms with Crippen molar-refractivity contribution in [1.29, 1.82) is 0 Å². The maximum absolute atomic E-state index is 13.9. The van der Waals surface area contributed by atoms with Gasteiger partial charge >= 0.3 is 0 Å². The third-order valence-electron chi connectivity index (χ3n) is 5.15. The first-order valence-electron chi connectivity index (χ1n) is 9.65. The highest BCUT2D eigenvalue weighted by Crippen LogP contribution is 2.31. The monoisotopic (exact) mass is 408 g/mol. The number of fused-ring (bicyclic) bond motifs is 1. The number of benzene rings is 1. The third kappa shape index (κ3) is 3.54. The highest BCUT2D eigenvalue weighted by molar-refractivity contribution is 5.82. The fourth-order valence-corrected chi connectivity index (χ4v) is 3.63. The highest BCUT2D eigenvalue weighted by Gasteiger charge is 2.25. The Morgan fingerprint density at radius 1 is 1.03 bits per heavy atom. The van der Waals surface area contributed by atoms with Crippen molar-refractivity contribution in [2.75, 3.05) is 18.0 Å². The number of hydrogen-bond acceptors (Lipinski definition) is 6. The number of anilines is 1. The van der Waals surface area contributed by atoms with Crippen LogP contribution in [0.3, 0.4) is 0 Å². The van der Waals surface area contributed by atoms with Crippen LogP contribution in [0.15, 0.2) is 49.1 Å². The largest absolute Gasteiger partial charge is 0.487 e. The Morgan fingerprint density at radius 3 is 2.67 bits per heavy atom. The van der Waals surface area contributed by atoms with Crippen LogP contribution in [0.25, 0.3) is 22.3 Å². The average Bonchev–Trinajstić information content (AvgIpc) is 3.30. The topological polar surface area (TPSA) is 79.8 Å². The second-order valence-corrected chi connectivity index (χ2v) is 7.13. The van der Waals surface area contributed by atoms with Crippen LogP contribution in [0.2, 0.25) is 0 Å². The lowest BCUT2D eigenvalue weighted by molar-refractivity contribution is 0.163. The molecule has 0 spiro atoms. The van der Waals surface area contributed by atoms with Gasteiger partial charge in [0.1, 0.15) is 23.1 Å². The minimum atomic E-state index is -0.687. The van der Waals surface area contributed by atoms with Gasteiger partial charge in [-0.2, -0.15) is 5.10 Å². The number of nitrogens with one attached hydrogen (secondary N) is 1. The summed E-state index contributed by atoms with van der Waals surface area (Å²) in [6.07, 6.45) is 8.07. The van der Waals surface area contributed by atoms with Gasteiger partial charge in [-0.05, 0) is 18.2 Å². The Balaban J connectivity index is 1.38. The predicted molar refractivity (Wildman–Crippen MR) is 107 cm³/mol. The van der Waals surface area contributed by atoms with Crippen LogP contribution < -0.4 is 9.64 Å². The molecule has 0 radical (unpaired) electrons. The summed E-state index contributed by atoms with van der Waals surface area (Å²) in [7, 11) is 0. The van der Waals surface area contributed by atoms with Crippen molar-refractivity contribution in [2.45, 2.75) is 18.9 Å². The molecule has 1 saturated heterocycles. The van der Waals surface area contributed by atoms with Gasteiger partial charge in [-0.25, -0.2) is 18.7 Å². The van der Waals surface area contributed by atoms with Gasteiger partial charge in [0.05, 0.1) is 17.9 Å². The van der Waals surface area contributed by atoms with Gasteiger partial charge in [0.25, 0.3) is 0 Å². The summed E-state index contributed by atoms with van der Waals surface area (Å²) in [5.74, 6) is -0.479. The van der Waals surface area contributed by atoms with Crippen molar-refractivity contribution in [3.63, 3.8) is 0 Å². The molecule has 0 unspecified atom stereocenters. The van der Waals surface area contributed by atoms with Gasteiger partial charge in [0, 0.05) is 50.0 Å². The molecule has 0 atom stereocenters. The number of rotatable bonds is 4. The van der Waals surface area contributed by atoms with Gasteiger partial charge < -0.3 is 9.64 Å². The second kappa shape index (κ2) is 7.66. The number of H-pyrrole nitrogens is 1. The number of nitrogens with zero attached hydrogens (tertiary/aromatic N) is 5. The van der Waals surface area contributed by atoms with Crippen LogP contribution in [0.5, 0.6) is 5.75 Å². The highest BCUT2D eigenvalue weighted by atomic mass is 19.1. The van der Waals surface area contributed by atoms with E-state index >= 15 is 0 Å². The number of pyridine rings is 1. The van der Waals surface area contributed by atoms with Crippen LogP contribution in [0.1, 0.15) is 12.8 Å². The number of aromatic amines is 1. The van der Waals surface area contributed by atoms with Crippen molar-refractivity contribution in [1.82, 2.24) is 25.1 Å². The molecule has 1 fully saturated rings. The maximum atomic E-state index is 13.9. The quantitative estimate of drug-likeness (QED) is 0.554. The van der Waals surface area contributed by atoms with E-state index in [0.29, 0.717) is 31.4 Å². The molecule has 0 saturated carbocycles. The van der Waals surface area contributed by atoms with Gasteiger partial charge in [0.2, 0.25) is 0 Å². The van der Waals surface area contributed by atoms with E-state index in [2.05, 4.69) is 20.1 Å². The molecule has 0 amide bonds. The molecule has 9 heteroatoms. The van der Waals surface area contributed by atoms with E-state index in [4.69, 9.17) is 14.7 Å². The van der Waals surface area contributed by atoms with Crippen molar-refractivity contribution in [3.8, 4) is 17.0 Å². The Kier molecular flexibility index (Phi) is 4.70. The minimum Gasteiger partial charge on any atom is -0.487 e. The average molecular weight is 408 g/mol. The molecule has 30 heavy (non-hydrogen) atoms.